The molecule has 3 aromatic rings. The molecule has 0 aromatic heterocycles. The van der Waals surface area contributed by atoms with Gasteiger partial charge in [-0.2, -0.15) is 5.26 Å². The molecule has 0 amide bonds. The van der Waals surface area contributed by atoms with Crippen LogP contribution in [0.5, 0.6) is 0 Å². The molecule has 0 N–H and O–H groups in total. The normalized spacial score (nSPS) is 16.2. The van der Waals surface area contributed by atoms with E-state index in [1.165, 1.54) is 11.1 Å². The molecule has 0 aliphatic carbocycles. The van der Waals surface area contributed by atoms with Crippen molar-refractivity contribution >= 4 is 11.4 Å². The Hall–Kier alpha value is -3.09. The fraction of sp³-hybridized carbons (Fsp3) is 0.269. The van der Waals surface area contributed by atoms with Crippen molar-refractivity contribution < 1.29 is 0 Å². The van der Waals surface area contributed by atoms with Crippen molar-refractivity contribution in [1.29, 1.82) is 5.26 Å². The van der Waals surface area contributed by atoms with Gasteiger partial charge in [-0.05, 0) is 56.5 Å². The third-order valence-electron chi connectivity index (χ3n) is 5.97. The van der Waals surface area contributed by atoms with E-state index < -0.39 is 5.41 Å². The summed E-state index contributed by atoms with van der Waals surface area (Å²) in [6.07, 6.45) is 1.64. The summed E-state index contributed by atoms with van der Waals surface area (Å²) in [5, 5.41) is 14.7. The van der Waals surface area contributed by atoms with Crippen LogP contribution in [-0.4, -0.2) is 18.1 Å². The molecule has 146 valence electrons. The average molecular weight is 382 g/mol. The molecule has 0 unspecified atom stereocenters. The summed E-state index contributed by atoms with van der Waals surface area (Å²) < 4.78 is 0. The highest BCUT2D eigenvalue weighted by Crippen LogP contribution is 2.38. The second kappa shape index (κ2) is 8.11. The molecule has 3 heteroatoms. The maximum Gasteiger partial charge on any atom is 0.0848 e. The minimum Gasteiger partial charge on any atom is -0.274 e. The number of hydrogen-bond acceptors (Lipinski definition) is 3. The topological polar surface area (TPSA) is 30.3 Å². The number of hydrazine groups is 1. The molecule has 3 nitrogen and oxygen atoms in total. The molecule has 1 fully saturated rings. The summed E-state index contributed by atoms with van der Waals surface area (Å²) in [4.78, 5) is 0. The van der Waals surface area contributed by atoms with Crippen LogP contribution in [0, 0.1) is 25.2 Å². The first kappa shape index (κ1) is 19.2. The van der Waals surface area contributed by atoms with Crippen molar-refractivity contribution in [2.45, 2.75) is 32.1 Å². The van der Waals surface area contributed by atoms with Gasteiger partial charge in [0.05, 0.1) is 22.9 Å². The van der Waals surface area contributed by atoms with E-state index in [1.54, 1.807) is 0 Å². The Bertz CT molecular complexity index is 931. The van der Waals surface area contributed by atoms with Gasteiger partial charge >= 0.3 is 0 Å². The summed E-state index contributed by atoms with van der Waals surface area (Å²) in [6, 6.07) is 30.3. The molecule has 29 heavy (non-hydrogen) atoms. The first-order chi connectivity index (χ1) is 14.1. The van der Waals surface area contributed by atoms with E-state index in [2.05, 4.69) is 90.6 Å². The molecule has 1 aliphatic rings. The average Bonchev–Trinajstić information content (AvgIpc) is 2.78. The monoisotopic (exact) mass is 381 g/mol. The van der Waals surface area contributed by atoms with E-state index in [0.717, 1.165) is 42.9 Å². The molecule has 0 spiro atoms. The summed E-state index contributed by atoms with van der Waals surface area (Å²) >= 11 is 0. The van der Waals surface area contributed by atoms with Gasteiger partial charge in [0.15, 0.2) is 0 Å². The maximum atomic E-state index is 10.0. The summed E-state index contributed by atoms with van der Waals surface area (Å²) in [5.41, 5.74) is 5.56. The van der Waals surface area contributed by atoms with Gasteiger partial charge < -0.3 is 0 Å². The van der Waals surface area contributed by atoms with Gasteiger partial charge in [-0.1, -0.05) is 65.7 Å². The van der Waals surface area contributed by atoms with Crippen molar-refractivity contribution in [3.8, 4) is 6.07 Å². The zero-order valence-electron chi connectivity index (χ0n) is 17.2. The first-order valence-electron chi connectivity index (χ1n) is 10.3. The number of rotatable bonds is 4. The number of nitrogens with zero attached hydrogens (tertiary/aromatic N) is 3. The number of aryl methyl sites for hydroxylation is 2. The minimum absolute atomic E-state index is 0.399. The molecule has 0 atom stereocenters. The Balaban J connectivity index is 1.64. The van der Waals surface area contributed by atoms with Gasteiger partial charge in [-0.3, -0.25) is 5.01 Å². The van der Waals surface area contributed by atoms with Crippen molar-refractivity contribution in [2.24, 2.45) is 0 Å². The predicted molar refractivity (Wildman–Crippen MR) is 119 cm³/mol. The van der Waals surface area contributed by atoms with Crippen molar-refractivity contribution in [2.75, 3.05) is 18.1 Å². The number of benzene rings is 3. The minimum atomic E-state index is -0.399. The lowest BCUT2D eigenvalue weighted by Gasteiger charge is -2.44. The third-order valence-corrected chi connectivity index (χ3v) is 5.97. The fourth-order valence-corrected chi connectivity index (χ4v) is 4.15. The highest BCUT2D eigenvalue weighted by Gasteiger charge is 2.38. The lowest BCUT2D eigenvalue weighted by atomic mass is 9.74. The van der Waals surface area contributed by atoms with Crippen LogP contribution in [0.1, 0.15) is 29.5 Å². The highest BCUT2D eigenvalue weighted by atomic mass is 15.6. The maximum absolute atomic E-state index is 10.0. The SMILES string of the molecule is Cc1ccc(N(c2ccc(C)cc2)N2CCC(C#N)(c3ccccc3)CC2)cc1. The van der Waals surface area contributed by atoms with Gasteiger partial charge in [-0.25, -0.2) is 5.01 Å². The van der Waals surface area contributed by atoms with Gasteiger partial charge in [-0.15, -0.1) is 0 Å². The summed E-state index contributed by atoms with van der Waals surface area (Å²) in [5.74, 6) is 0. The lowest BCUT2D eigenvalue weighted by Crippen LogP contribution is -2.49. The van der Waals surface area contributed by atoms with E-state index >= 15 is 0 Å². The van der Waals surface area contributed by atoms with E-state index in [0.29, 0.717) is 0 Å². The van der Waals surface area contributed by atoms with E-state index in [1.807, 2.05) is 18.2 Å². The first-order valence-corrected chi connectivity index (χ1v) is 10.3. The van der Waals surface area contributed by atoms with Crippen LogP contribution in [-0.2, 0) is 5.41 Å². The Labute approximate surface area is 173 Å². The third kappa shape index (κ3) is 3.90. The lowest BCUT2D eigenvalue weighted by molar-refractivity contribution is 0.187. The molecule has 0 bridgehead atoms. The van der Waals surface area contributed by atoms with Gasteiger partial charge in [0.1, 0.15) is 0 Å². The Kier molecular flexibility index (Phi) is 5.38. The second-order valence-corrected chi connectivity index (χ2v) is 8.00. The number of hydrogen-bond donors (Lipinski definition) is 0. The summed E-state index contributed by atoms with van der Waals surface area (Å²) in [6.45, 7) is 5.90. The van der Waals surface area contributed by atoms with Gasteiger partial charge in [0.25, 0.3) is 0 Å². The smallest absolute Gasteiger partial charge is 0.0848 e. The van der Waals surface area contributed by atoms with Crippen LogP contribution >= 0.6 is 0 Å². The van der Waals surface area contributed by atoms with Gasteiger partial charge in [0, 0.05) is 13.1 Å². The molecule has 0 saturated carbocycles. The largest absolute Gasteiger partial charge is 0.274 e. The number of piperidine rings is 1. The number of nitriles is 1. The molecule has 1 aliphatic heterocycles. The van der Waals surface area contributed by atoms with Crippen LogP contribution in [0.4, 0.5) is 11.4 Å². The molecule has 0 radical (unpaired) electrons. The van der Waals surface area contributed by atoms with Crippen molar-refractivity contribution in [3.05, 3.63) is 95.6 Å². The zero-order chi connectivity index (χ0) is 20.3. The molecular weight excluding hydrogens is 354 g/mol. The van der Waals surface area contributed by atoms with Crippen molar-refractivity contribution in [1.82, 2.24) is 5.01 Å². The van der Waals surface area contributed by atoms with E-state index in [-0.39, 0.29) is 0 Å². The number of anilines is 2. The molecule has 1 heterocycles. The molecular formula is C26H27N3. The predicted octanol–water partition coefficient (Wildman–Crippen LogP) is 5.91. The second-order valence-electron chi connectivity index (χ2n) is 8.00. The van der Waals surface area contributed by atoms with Crippen LogP contribution in [0.3, 0.4) is 0 Å². The zero-order valence-corrected chi connectivity index (χ0v) is 17.2. The van der Waals surface area contributed by atoms with E-state index in [9.17, 15) is 5.26 Å². The fourth-order valence-electron chi connectivity index (χ4n) is 4.15. The van der Waals surface area contributed by atoms with E-state index in [4.69, 9.17) is 0 Å². The van der Waals surface area contributed by atoms with Gasteiger partial charge in [0.2, 0.25) is 0 Å². The van der Waals surface area contributed by atoms with Crippen LogP contribution in [0.2, 0.25) is 0 Å². The van der Waals surface area contributed by atoms with Crippen LogP contribution < -0.4 is 5.01 Å². The molecule has 3 aromatic carbocycles. The van der Waals surface area contributed by atoms with Crippen molar-refractivity contribution in [3.63, 3.8) is 0 Å². The Morgan fingerprint density at radius 2 is 1.24 bits per heavy atom. The standard InChI is InChI=1S/C26H27N3/c1-21-8-12-24(13-9-21)29(25-14-10-22(2)11-15-25)28-18-16-26(20-27,17-19-28)23-6-4-3-5-7-23/h3-15H,16-19H2,1-2H3. The highest BCUT2D eigenvalue weighted by molar-refractivity contribution is 5.62. The quantitative estimate of drug-likeness (QED) is 0.562. The molecule has 4 rings (SSSR count). The Morgan fingerprint density at radius 1 is 0.759 bits per heavy atom. The summed E-state index contributed by atoms with van der Waals surface area (Å²) in [7, 11) is 0. The van der Waals surface area contributed by atoms with Crippen LogP contribution in [0.25, 0.3) is 0 Å². The molecule has 1 saturated heterocycles. The Morgan fingerprint density at radius 3 is 1.69 bits per heavy atom. The van der Waals surface area contributed by atoms with Crippen LogP contribution in [0.15, 0.2) is 78.9 Å².